The third-order valence-electron chi connectivity index (χ3n) is 4.81. The maximum Gasteiger partial charge on any atom is 0.411 e. The number of ketones is 1. The number of hydrogen-bond donors (Lipinski definition) is 2. The number of rotatable bonds is 5. The van der Waals surface area contributed by atoms with Crippen LogP contribution in [0.5, 0.6) is 0 Å². The van der Waals surface area contributed by atoms with Gasteiger partial charge in [0, 0.05) is 12.4 Å². The fourth-order valence-electron chi connectivity index (χ4n) is 3.27. The molecule has 33 heavy (non-hydrogen) atoms. The van der Waals surface area contributed by atoms with E-state index < -0.39 is 11.7 Å². The van der Waals surface area contributed by atoms with Crippen molar-refractivity contribution in [2.24, 2.45) is 11.7 Å². The Morgan fingerprint density at radius 2 is 1.76 bits per heavy atom. The number of carbonyl (C=O) groups is 2. The molecule has 0 spiro atoms. The summed E-state index contributed by atoms with van der Waals surface area (Å²) in [5, 5.41) is 2.68. The SMILES string of the molecule is CC(C)(C)OC(=O)N1CC(=O)C(C(=S)N(N)c2ccccc2)=C(N(N)Cc2ccncc2)C1. The first-order valence-electron chi connectivity index (χ1n) is 10.4. The molecule has 9 nitrogen and oxygen atoms in total. The van der Waals surface area contributed by atoms with Crippen LogP contribution in [0, 0.1) is 0 Å². The maximum absolute atomic E-state index is 13.3. The second-order valence-electron chi connectivity index (χ2n) is 8.58. The highest BCUT2D eigenvalue weighted by atomic mass is 32.1. The Kier molecular flexibility index (Phi) is 7.42. The standard InChI is InChI=1S/C23H28N6O3S/c1-23(2,3)32-22(31)27-14-18(28(24)13-16-9-11-26-12-10-16)20(19(30)15-27)21(33)29(25)17-7-5-4-6-8-17/h4-12H,13-15,24-25H2,1-3H3. The molecule has 0 radical (unpaired) electrons. The smallest absolute Gasteiger partial charge is 0.411 e. The van der Waals surface area contributed by atoms with Crippen molar-refractivity contribution in [1.82, 2.24) is 14.9 Å². The van der Waals surface area contributed by atoms with Gasteiger partial charge in [-0.1, -0.05) is 30.4 Å². The van der Waals surface area contributed by atoms with Crippen molar-refractivity contribution >= 4 is 34.8 Å². The highest BCUT2D eigenvalue weighted by molar-refractivity contribution is 7.81. The second-order valence-corrected chi connectivity index (χ2v) is 8.96. The van der Waals surface area contributed by atoms with E-state index in [4.69, 9.17) is 28.6 Å². The van der Waals surface area contributed by atoms with Crippen LogP contribution in [-0.2, 0) is 16.1 Å². The van der Waals surface area contributed by atoms with Crippen molar-refractivity contribution in [3.63, 3.8) is 0 Å². The minimum Gasteiger partial charge on any atom is -0.444 e. The molecule has 4 N–H and O–H groups in total. The molecule has 2 heterocycles. The van der Waals surface area contributed by atoms with Crippen LogP contribution < -0.4 is 16.7 Å². The number of thiocarbonyl (C=S) groups is 1. The van der Waals surface area contributed by atoms with E-state index in [2.05, 4.69) is 4.98 Å². The molecule has 0 atom stereocenters. The summed E-state index contributed by atoms with van der Waals surface area (Å²) in [5.41, 5.74) is 1.37. The highest BCUT2D eigenvalue weighted by Crippen LogP contribution is 2.24. The lowest BCUT2D eigenvalue weighted by atomic mass is 10.0. The Morgan fingerprint density at radius 1 is 1.12 bits per heavy atom. The van der Waals surface area contributed by atoms with E-state index in [-0.39, 0.29) is 36.0 Å². The average molecular weight is 469 g/mol. The molecular formula is C23H28N6O3S. The van der Waals surface area contributed by atoms with Gasteiger partial charge in [0.25, 0.3) is 0 Å². The van der Waals surface area contributed by atoms with E-state index in [1.54, 1.807) is 45.3 Å². The van der Waals surface area contributed by atoms with Crippen molar-refractivity contribution in [2.75, 3.05) is 18.1 Å². The van der Waals surface area contributed by atoms with Gasteiger partial charge in [-0.05, 0) is 50.6 Å². The van der Waals surface area contributed by atoms with Crippen LogP contribution in [-0.4, -0.2) is 50.4 Å². The van der Waals surface area contributed by atoms with E-state index in [0.717, 1.165) is 5.56 Å². The number of para-hydroxylation sites is 1. The summed E-state index contributed by atoms with van der Waals surface area (Å²) in [6.45, 7) is 5.41. The number of aromatic nitrogens is 1. The number of anilines is 1. The van der Waals surface area contributed by atoms with Crippen LogP contribution >= 0.6 is 12.2 Å². The molecule has 1 aliphatic rings. The number of amides is 1. The number of benzene rings is 1. The predicted molar refractivity (Wildman–Crippen MR) is 130 cm³/mol. The van der Waals surface area contributed by atoms with E-state index >= 15 is 0 Å². The van der Waals surface area contributed by atoms with Gasteiger partial charge in [-0.15, -0.1) is 0 Å². The maximum atomic E-state index is 13.3. The van der Waals surface area contributed by atoms with Crippen molar-refractivity contribution in [3.8, 4) is 0 Å². The Labute approximate surface area is 198 Å². The summed E-state index contributed by atoms with van der Waals surface area (Å²) >= 11 is 5.60. The third kappa shape index (κ3) is 6.13. The molecule has 0 saturated carbocycles. The summed E-state index contributed by atoms with van der Waals surface area (Å²) in [7, 11) is 0. The molecule has 0 bridgehead atoms. The summed E-state index contributed by atoms with van der Waals surface area (Å²) in [5.74, 6) is 12.3. The Balaban J connectivity index is 1.97. The monoisotopic (exact) mass is 468 g/mol. The van der Waals surface area contributed by atoms with E-state index in [1.807, 2.05) is 30.3 Å². The topological polar surface area (TPSA) is 118 Å². The molecule has 1 amide bonds. The third-order valence-corrected chi connectivity index (χ3v) is 5.21. The molecule has 0 aliphatic carbocycles. The number of hydrazine groups is 2. The first-order valence-corrected chi connectivity index (χ1v) is 10.8. The van der Waals surface area contributed by atoms with Crippen molar-refractivity contribution in [3.05, 3.63) is 71.7 Å². The summed E-state index contributed by atoms with van der Waals surface area (Å²) in [6.07, 6.45) is 2.70. The summed E-state index contributed by atoms with van der Waals surface area (Å²) < 4.78 is 5.46. The van der Waals surface area contributed by atoms with Crippen molar-refractivity contribution < 1.29 is 14.3 Å². The summed E-state index contributed by atoms with van der Waals surface area (Å²) in [6, 6.07) is 12.7. The minimum atomic E-state index is -0.708. The molecule has 0 unspecified atom stereocenters. The molecular weight excluding hydrogens is 440 g/mol. The zero-order chi connectivity index (χ0) is 24.2. The molecule has 0 saturated heterocycles. The van der Waals surface area contributed by atoms with Gasteiger partial charge >= 0.3 is 6.09 Å². The van der Waals surface area contributed by atoms with Crippen molar-refractivity contribution in [2.45, 2.75) is 32.9 Å². The quantitative estimate of drug-likeness (QED) is 0.388. The van der Waals surface area contributed by atoms with Crippen LogP contribution in [0.2, 0.25) is 0 Å². The second kappa shape index (κ2) is 10.1. The zero-order valence-electron chi connectivity index (χ0n) is 18.9. The number of Topliss-reactive ketones (excluding diaryl/α,β-unsaturated/α-hetero) is 1. The normalized spacial score (nSPS) is 14.2. The van der Waals surface area contributed by atoms with Gasteiger partial charge in [-0.25, -0.2) is 16.5 Å². The number of nitrogens with zero attached hydrogens (tertiary/aromatic N) is 4. The predicted octanol–water partition coefficient (Wildman–Crippen LogP) is 2.54. The van der Waals surface area contributed by atoms with E-state index in [9.17, 15) is 9.59 Å². The molecule has 1 aromatic heterocycles. The van der Waals surface area contributed by atoms with Crippen LogP contribution in [0.15, 0.2) is 66.1 Å². The molecule has 1 aromatic carbocycles. The lowest BCUT2D eigenvalue weighted by Gasteiger charge is -2.36. The van der Waals surface area contributed by atoms with Gasteiger partial charge in [0.1, 0.15) is 10.6 Å². The number of hydrogen-bond acceptors (Lipinski definition) is 8. The fourth-order valence-corrected chi connectivity index (χ4v) is 3.61. The minimum absolute atomic E-state index is 0.0420. The van der Waals surface area contributed by atoms with Crippen LogP contribution in [0.3, 0.4) is 0 Å². The van der Waals surface area contributed by atoms with Gasteiger partial charge in [0.05, 0.1) is 36.6 Å². The molecule has 3 rings (SSSR count). The molecule has 1 aliphatic heterocycles. The van der Waals surface area contributed by atoms with Crippen LogP contribution in [0.4, 0.5) is 10.5 Å². The number of nitrogens with two attached hydrogens (primary N) is 2. The van der Waals surface area contributed by atoms with Crippen LogP contribution in [0.25, 0.3) is 0 Å². The number of carbonyl (C=O) groups excluding carboxylic acids is 2. The van der Waals surface area contributed by atoms with Crippen LogP contribution in [0.1, 0.15) is 26.3 Å². The summed E-state index contributed by atoms with van der Waals surface area (Å²) in [4.78, 5) is 31.4. The van der Waals surface area contributed by atoms with Gasteiger partial charge in [0.2, 0.25) is 0 Å². The lowest BCUT2D eigenvalue weighted by molar-refractivity contribution is -0.117. The van der Waals surface area contributed by atoms with E-state index in [1.165, 1.54) is 14.9 Å². The largest absolute Gasteiger partial charge is 0.444 e. The van der Waals surface area contributed by atoms with Gasteiger partial charge in [-0.2, -0.15) is 0 Å². The number of pyridine rings is 1. The zero-order valence-corrected chi connectivity index (χ0v) is 19.7. The number of ether oxygens (including phenoxy) is 1. The van der Waals surface area contributed by atoms with Gasteiger partial charge in [-0.3, -0.25) is 19.7 Å². The lowest BCUT2D eigenvalue weighted by Crippen LogP contribution is -2.51. The highest BCUT2D eigenvalue weighted by Gasteiger charge is 2.36. The molecule has 2 aromatic rings. The Morgan fingerprint density at radius 3 is 2.36 bits per heavy atom. The molecule has 0 fully saturated rings. The first-order chi connectivity index (χ1) is 15.6. The van der Waals surface area contributed by atoms with E-state index in [0.29, 0.717) is 11.4 Å². The van der Waals surface area contributed by atoms with Gasteiger partial charge in [0.15, 0.2) is 5.78 Å². The van der Waals surface area contributed by atoms with Crippen molar-refractivity contribution in [1.29, 1.82) is 0 Å². The first kappa shape index (κ1) is 24.3. The average Bonchev–Trinajstić information content (AvgIpc) is 2.77. The van der Waals surface area contributed by atoms with Gasteiger partial charge < -0.3 is 9.75 Å². The molecule has 10 heteroatoms. The Hall–Kier alpha value is -3.34. The molecule has 174 valence electrons. The fraction of sp³-hybridized carbons (Fsp3) is 0.304. The Bertz CT molecular complexity index is 1050.